The van der Waals surface area contributed by atoms with Crippen molar-refractivity contribution in [2.24, 2.45) is 5.92 Å². The number of nitrogens with zero attached hydrogens (tertiary/aromatic N) is 1. The molecule has 3 atom stereocenters. The van der Waals surface area contributed by atoms with E-state index in [1.807, 2.05) is 39.8 Å². The highest BCUT2D eigenvalue weighted by Crippen LogP contribution is 2.20. The third-order valence-electron chi connectivity index (χ3n) is 4.25. The van der Waals surface area contributed by atoms with Crippen LogP contribution in [0.2, 0.25) is 5.02 Å². The van der Waals surface area contributed by atoms with Crippen LogP contribution in [0.15, 0.2) is 29.2 Å². The number of hydrogen-bond donors (Lipinski definition) is 2. The molecule has 3 unspecified atom stereocenters. The highest BCUT2D eigenvalue weighted by atomic mass is 35.5. The molecular weight excluding hydrogens is 386 g/mol. The fraction of sp³-hybridized carbons (Fsp3) is 0.579. The molecule has 8 heteroatoms. The van der Waals surface area contributed by atoms with Gasteiger partial charge in [-0.25, -0.2) is 0 Å². The summed E-state index contributed by atoms with van der Waals surface area (Å²) in [6, 6.07) is 6.95. The van der Waals surface area contributed by atoms with Crippen molar-refractivity contribution in [2.75, 3.05) is 18.8 Å². The minimum atomic E-state index is -0.317. The monoisotopic (exact) mass is 413 g/mol. The second kappa shape index (κ2) is 10.3. The van der Waals surface area contributed by atoms with Crippen molar-refractivity contribution in [3.05, 3.63) is 29.3 Å². The molecule has 1 aromatic carbocycles. The van der Waals surface area contributed by atoms with Crippen molar-refractivity contribution >= 4 is 35.2 Å². The smallest absolute Gasteiger partial charge is 0.255 e. The Morgan fingerprint density at radius 1 is 1.19 bits per heavy atom. The molecule has 1 aromatic rings. The maximum atomic E-state index is 12.7. The van der Waals surface area contributed by atoms with E-state index in [1.165, 1.54) is 11.8 Å². The molecular formula is C19H28ClN3O3S. The van der Waals surface area contributed by atoms with Gasteiger partial charge in [-0.3, -0.25) is 25.3 Å². The van der Waals surface area contributed by atoms with Gasteiger partial charge in [0, 0.05) is 23.0 Å². The second-order valence-electron chi connectivity index (χ2n) is 7.18. The third-order valence-corrected chi connectivity index (χ3v) is 5.51. The predicted molar refractivity (Wildman–Crippen MR) is 109 cm³/mol. The molecule has 0 aromatic heterocycles. The Morgan fingerprint density at radius 2 is 1.78 bits per heavy atom. The molecule has 2 rings (SSSR count). The Morgan fingerprint density at radius 3 is 2.33 bits per heavy atom. The Bertz CT molecular complexity index is 632. The summed E-state index contributed by atoms with van der Waals surface area (Å²) in [7, 11) is 0. The summed E-state index contributed by atoms with van der Waals surface area (Å²) in [5, 5.41) is 0.655. The fourth-order valence-electron chi connectivity index (χ4n) is 3.26. The summed E-state index contributed by atoms with van der Waals surface area (Å²) in [5.41, 5.74) is 5.10. The first-order chi connectivity index (χ1) is 12.8. The van der Waals surface area contributed by atoms with Crippen molar-refractivity contribution in [1.82, 2.24) is 15.8 Å². The highest BCUT2D eigenvalue weighted by Gasteiger charge is 2.34. The molecule has 1 fully saturated rings. The number of morpholine rings is 1. The zero-order valence-corrected chi connectivity index (χ0v) is 17.8. The van der Waals surface area contributed by atoms with Crippen LogP contribution in [-0.2, 0) is 14.3 Å². The zero-order chi connectivity index (χ0) is 20.0. The van der Waals surface area contributed by atoms with E-state index < -0.39 is 0 Å². The van der Waals surface area contributed by atoms with Gasteiger partial charge in [0.25, 0.3) is 5.91 Å². The van der Waals surface area contributed by atoms with Crippen LogP contribution in [0.5, 0.6) is 0 Å². The number of amides is 2. The molecule has 0 spiro atoms. The molecule has 1 saturated heterocycles. The quantitative estimate of drug-likeness (QED) is 0.554. The molecule has 0 bridgehead atoms. The molecule has 1 aliphatic rings. The van der Waals surface area contributed by atoms with E-state index in [0.29, 0.717) is 18.1 Å². The average molecular weight is 414 g/mol. The lowest BCUT2D eigenvalue weighted by atomic mass is 10.00. The van der Waals surface area contributed by atoms with Gasteiger partial charge in [0.15, 0.2) is 0 Å². The number of hydrogen-bond acceptors (Lipinski definition) is 5. The van der Waals surface area contributed by atoms with E-state index in [4.69, 9.17) is 16.3 Å². The number of rotatable bonds is 6. The van der Waals surface area contributed by atoms with Crippen molar-refractivity contribution in [2.45, 2.75) is 50.8 Å². The Labute approximate surface area is 170 Å². The van der Waals surface area contributed by atoms with Gasteiger partial charge >= 0.3 is 0 Å². The van der Waals surface area contributed by atoms with E-state index in [0.717, 1.165) is 4.90 Å². The van der Waals surface area contributed by atoms with Gasteiger partial charge in [0.05, 0.1) is 24.0 Å². The standard InChI is InChI=1S/C19H28ClN3O3S/c1-12(2)18(23-9-13(3)26-14(4)10-23)19(25)22-21-17(24)11-27-16-7-5-15(20)6-8-16/h5-8,12-14,18H,9-11H2,1-4H3,(H,21,24)(H,22,25). The molecule has 1 heterocycles. The van der Waals surface area contributed by atoms with Crippen LogP contribution in [0.25, 0.3) is 0 Å². The van der Waals surface area contributed by atoms with Crippen LogP contribution >= 0.6 is 23.4 Å². The van der Waals surface area contributed by atoms with Crippen LogP contribution < -0.4 is 10.9 Å². The van der Waals surface area contributed by atoms with E-state index in [2.05, 4.69) is 15.8 Å². The fourth-order valence-corrected chi connectivity index (χ4v) is 4.08. The number of carbonyl (C=O) groups excluding carboxylic acids is 2. The lowest BCUT2D eigenvalue weighted by Crippen LogP contribution is -2.59. The maximum absolute atomic E-state index is 12.7. The number of carbonyl (C=O) groups is 2. The Hall–Kier alpha value is -1.28. The Balaban J connectivity index is 1.84. The Kier molecular flexibility index (Phi) is 8.41. The zero-order valence-electron chi connectivity index (χ0n) is 16.2. The van der Waals surface area contributed by atoms with Gasteiger partial charge in [-0.1, -0.05) is 25.4 Å². The molecule has 0 aliphatic carbocycles. The summed E-state index contributed by atoms with van der Waals surface area (Å²) in [6.07, 6.45) is 0.154. The first-order valence-electron chi connectivity index (χ1n) is 9.12. The molecule has 1 aliphatic heterocycles. The highest BCUT2D eigenvalue weighted by molar-refractivity contribution is 8.00. The van der Waals surface area contributed by atoms with E-state index in [9.17, 15) is 9.59 Å². The summed E-state index contributed by atoms with van der Waals surface area (Å²) < 4.78 is 5.75. The van der Waals surface area contributed by atoms with Crippen molar-refractivity contribution in [3.8, 4) is 0 Å². The number of benzene rings is 1. The molecule has 6 nitrogen and oxygen atoms in total. The second-order valence-corrected chi connectivity index (χ2v) is 8.67. The maximum Gasteiger partial charge on any atom is 0.255 e. The van der Waals surface area contributed by atoms with Gasteiger partial charge in [0.1, 0.15) is 0 Å². The van der Waals surface area contributed by atoms with E-state index in [1.54, 1.807) is 12.1 Å². The van der Waals surface area contributed by atoms with Crippen LogP contribution in [0, 0.1) is 5.92 Å². The largest absolute Gasteiger partial charge is 0.373 e. The molecule has 0 saturated carbocycles. The van der Waals surface area contributed by atoms with Crippen molar-refractivity contribution < 1.29 is 14.3 Å². The van der Waals surface area contributed by atoms with Crippen molar-refractivity contribution in [1.29, 1.82) is 0 Å². The van der Waals surface area contributed by atoms with Gasteiger partial charge in [-0.05, 0) is 44.0 Å². The SMILES string of the molecule is CC1CN(C(C(=O)NNC(=O)CSc2ccc(Cl)cc2)C(C)C)CC(C)O1. The average Bonchev–Trinajstić information content (AvgIpc) is 2.58. The lowest BCUT2D eigenvalue weighted by molar-refractivity contribution is -0.138. The number of ether oxygens (including phenoxy) is 1. The number of hydrazine groups is 1. The van der Waals surface area contributed by atoms with Crippen molar-refractivity contribution in [3.63, 3.8) is 0 Å². The number of thioether (sulfide) groups is 1. The summed E-state index contributed by atoms with van der Waals surface area (Å²) in [6.45, 7) is 9.42. The number of nitrogens with one attached hydrogen (secondary N) is 2. The van der Waals surface area contributed by atoms with Crippen LogP contribution in [0.1, 0.15) is 27.7 Å². The minimum Gasteiger partial charge on any atom is -0.373 e. The molecule has 27 heavy (non-hydrogen) atoms. The van der Waals surface area contributed by atoms with Gasteiger partial charge < -0.3 is 4.74 Å². The lowest BCUT2D eigenvalue weighted by Gasteiger charge is -2.40. The van der Waals surface area contributed by atoms with Crippen LogP contribution in [0.4, 0.5) is 0 Å². The first-order valence-corrected chi connectivity index (χ1v) is 10.5. The van der Waals surface area contributed by atoms with E-state index in [-0.39, 0.29) is 41.7 Å². The van der Waals surface area contributed by atoms with Crippen LogP contribution in [0.3, 0.4) is 0 Å². The van der Waals surface area contributed by atoms with Gasteiger partial charge in [-0.15, -0.1) is 11.8 Å². The molecule has 2 N–H and O–H groups in total. The summed E-state index contributed by atoms with van der Waals surface area (Å²) in [4.78, 5) is 27.8. The van der Waals surface area contributed by atoms with Gasteiger partial charge in [0.2, 0.25) is 5.91 Å². The van der Waals surface area contributed by atoms with Crippen LogP contribution in [-0.4, -0.2) is 53.8 Å². The number of halogens is 1. The molecule has 2 amide bonds. The first kappa shape index (κ1) is 22.0. The summed E-state index contributed by atoms with van der Waals surface area (Å²) in [5.74, 6) is -0.131. The normalized spacial score (nSPS) is 21.7. The topological polar surface area (TPSA) is 70.7 Å². The minimum absolute atomic E-state index is 0.0770. The molecule has 150 valence electrons. The van der Waals surface area contributed by atoms with Gasteiger partial charge in [-0.2, -0.15) is 0 Å². The third kappa shape index (κ3) is 6.99. The summed E-state index contributed by atoms with van der Waals surface area (Å²) >= 11 is 7.23. The van der Waals surface area contributed by atoms with E-state index >= 15 is 0 Å². The molecule has 0 radical (unpaired) electrons. The predicted octanol–water partition coefficient (Wildman–Crippen LogP) is 2.71.